The van der Waals surface area contributed by atoms with Gasteiger partial charge in [-0.15, -0.1) is 11.3 Å². The molecule has 1 aromatic carbocycles. The van der Waals surface area contributed by atoms with Crippen LogP contribution in [0.3, 0.4) is 0 Å². The maximum Gasteiger partial charge on any atom is 0.220 e. The van der Waals surface area contributed by atoms with Gasteiger partial charge in [0.2, 0.25) is 5.91 Å². The van der Waals surface area contributed by atoms with Crippen LogP contribution in [0, 0.1) is 6.92 Å². The number of rotatable bonds is 5. The molecule has 3 rings (SSSR count). The largest absolute Gasteiger partial charge is 0.353 e. The first kappa shape index (κ1) is 13.3. The number of carbonyl (C=O) groups is 1. The monoisotopic (exact) mass is 286 g/mol. The van der Waals surface area contributed by atoms with Crippen molar-refractivity contribution < 1.29 is 4.79 Å². The molecule has 1 heterocycles. The van der Waals surface area contributed by atoms with Crippen molar-refractivity contribution in [1.29, 1.82) is 0 Å². The SMILES string of the molecule is Cc1cccc(-c2nc(CCC(=O)NC3CC3)cs2)c1. The van der Waals surface area contributed by atoms with Gasteiger partial charge in [0.15, 0.2) is 0 Å². The van der Waals surface area contributed by atoms with Crippen LogP contribution in [0.15, 0.2) is 29.6 Å². The van der Waals surface area contributed by atoms with Crippen LogP contribution in [-0.4, -0.2) is 16.9 Å². The Balaban J connectivity index is 1.60. The number of nitrogens with one attached hydrogen (secondary N) is 1. The summed E-state index contributed by atoms with van der Waals surface area (Å²) in [4.78, 5) is 16.3. The Hall–Kier alpha value is -1.68. The molecule has 1 fully saturated rings. The fourth-order valence-electron chi connectivity index (χ4n) is 2.10. The van der Waals surface area contributed by atoms with Crippen molar-refractivity contribution >= 4 is 17.2 Å². The highest BCUT2D eigenvalue weighted by atomic mass is 32.1. The highest BCUT2D eigenvalue weighted by Crippen LogP contribution is 2.25. The predicted octanol–water partition coefficient (Wildman–Crippen LogP) is 3.33. The molecule has 0 radical (unpaired) electrons. The highest BCUT2D eigenvalue weighted by molar-refractivity contribution is 7.13. The van der Waals surface area contributed by atoms with Crippen molar-refractivity contribution in [3.63, 3.8) is 0 Å². The molecule has 0 unspecified atom stereocenters. The second-order valence-corrected chi connectivity index (χ2v) is 6.21. The number of nitrogens with zero attached hydrogens (tertiary/aromatic N) is 1. The Labute approximate surface area is 123 Å². The third kappa shape index (κ3) is 3.45. The Bertz CT molecular complexity index is 616. The van der Waals surface area contributed by atoms with E-state index in [0.29, 0.717) is 12.5 Å². The molecule has 3 nitrogen and oxygen atoms in total. The number of hydrogen-bond donors (Lipinski definition) is 1. The van der Waals surface area contributed by atoms with Gasteiger partial charge in [0.1, 0.15) is 5.01 Å². The molecule has 20 heavy (non-hydrogen) atoms. The molecule has 0 spiro atoms. The minimum absolute atomic E-state index is 0.151. The van der Waals surface area contributed by atoms with Gasteiger partial charge in [-0.3, -0.25) is 4.79 Å². The molecule has 1 aromatic heterocycles. The number of amides is 1. The number of hydrogen-bond acceptors (Lipinski definition) is 3. The molecule has 1 aliphatic carbocycles. The highest BCUT2D eigenvalue weighted by Gasteiger charge is 2.22. The van der Waals surface area contributed by atoms with E-state index in [-0.39, 0.29) is 5.91 Å². The van der Waals surface area contributed by atoms with Gasteiger partial charge in [-0.25, -0.2) is 4.98 Å². The maximum atomic E-state index is 11.7. The zero-order valence-electron chi connectivity index (χ0n) is 11.6. The molecule has 1 aliphatic rings. The molecule has 1 saturated carbocycles. The Morgan fingerprint density at radius 1 is 1.45 bits per heavy atom. The van der Waals surface area contributed by atoms with Crippen molar-refractivity contribution in [2.24, 2.45) is 0 Å². The molecule has 0 saturated heterocycles. The van der Waals surface area contributed by atoms with E-state index in [4.69, 9.17) is 0 Å². The smallest absolute Gasteiger partial charge is 0.220 e. The van der Waals surface area contributed by atoms with Crippen molar-refractivity contribution in [1.82, 2.24) is 10.3 Å². The van der Waals surface area contributed by atoms with E-state index >= 15 is 0 Å². The van der Waals surface area contributed by atoms with Crippen LogP contribution in [-0.2, 0) is 11.2 Å². The van der Waals surface area contributed by atoms with Gasteiger partial charge < -0.3 is 5.32 Å². The van der Waals surface area contributed by atoms with Crippen molar-refractivity contribution in [2.75, 3.05) is 0 Å². The summed E-state index contributed by atoms with van der Waals surface area (Å²) in [5.74, 6) is 0.151. The summed E-state index contributed by atoms with van der Waals surface area (Å²) >= 11 is 1.65. The van der Waals surface area contributed by atoms with Crippen molar-refractivity contribution in [2.45, 2.75) is 38.6 Å². The Morgan fingerprint density at radius 2 is 2.30 bits per heavy atom. The first-order valence-corrected chi connectivity index (χ1v) is 7.89. The van der Waals surface area contributed by atoms with E-state index < -0.39 is 0 Å². The average Bonchev–Trinajstić information content (AvgIpc) is 3.11. The van der Waals surface area contributed by atoms with Crippen LogP contribution < -0.4 is 5.32 Å². The van der Waals surface area contributed by atoms with Gasteiger partial charge in [0.25, 0.3) is 0 Å². The normalized spacial score (nSPS) is 14.2. The number of thiazole rings is 1. The summed E-state index contributed by atoms with van der Waals surface area (Å²) < 4.78 is 0. The minimum atomic E-state index is 0.151. The first-order chi connectivity index (χ1) is 9.70. The summed E-state index contributed by atoms with van der Waals surface area (Å²) in [5, 5.41) is 6.10. The van der Waals surface area contributed by atoms with Crippen molar-refractivity contribution in [3.05, 3.63) is 40.9 Å². The van der Waals surface area contributed by atoms with E-state index in [1.54, 1.807) is 11.3 Å². The molecule has 1 N–H and O–H groups in total. The van der Waals surface area contributed by atoms with Gasteiger partial charge in [-0.05, 0) is 32.3 Å². The third-order valence-electron chi connectivity index (χ3n) is 3.37. The average molecular weight is 286 g/mol. The Kier molecular flexibility index (Phi) is 3.83. The predicted molar refractivity (Wildman–Crippen MR) is 81.8 cm³/mol. The fraction of sp³-hybridized carbons (Fsp3) is 0.375. The third-order valence-corrected chi connectivity index (χ3v) is 4.31. The summed E-state index contributed by atoms with van der Waals surface area (Å²) in [6, 6.07) is 8.80. The molecule has 104 valence electrons. The molecule has 2 aromatic rings. The zero-order chi connectivity index (χ0) is 13.9. The van der Waals surface area contributed by atoms with Crippen LogP contribution in [0.25, 0.3) is 10.6 Å². The molecular formula is C16H18N2OS. The lowest BCUT2D eigenvalue weighted by atomic mass is 10.1. The van der Waals surface area contributed by atoms with Crippen molar-refractivity contribution in [3.8, 4) is 10.6 Å². The second-order valence-electron chi connectivity index (χ2n) is 5.36. The van der Waals surface area contributed by atoms with E-state index in [0.717, 1.165) is 35.5 Å². The standard InChI is InChI=1S/C16H18N2OS/c1-11-3-2-4-12(9-11)16-18-14(10-20-16)7-8-15(19)17-13-5-6-13/h2-4,9-10,13H,5-8H2,1H3,(H,17,19). The number of aryl methyl sites for hydroxylation is 2. The molecule has 0 atom stereocenters. The van der Waals surface area contributed by atoms with Crippen LogP contribution in [0.1, 0.15) is 30.5 Å². The molecule has 0 aliphatic heterocycles. The molecule has 0 bridgehead atoms. The second kappa shape index (κ2) is 5.75. The maximum absolute atomic E-state index is 11.7. The lowest BCUT2D eigenvalue weighted by molar-refractivity contribution is -0.121. The topological polar surface area (TPSA) is 42.0 Å². The first-order valence-electron chi connectivity index (χ1n) is 7.01. The number of carbonyl (C=O) groups excluding carboxylic acids is 1. The van der Waals surface area contributed by atoms with Crippen LogP contribution in [0.4, 0.5) is 0 Å². The fourth-order valence-corrected chi connectivity index (χ4v) is 2.95. The van der Waals surface area contributed by atoms with Gasteiger partial charge in [-0.1, -0.05) is 23.8 Å². The lowest BCUT2D eigenvalue weighted by Crippen LogP contribution is -2.25. The number of benzene rings is 1. The number of aromatic nitrogens is 1. The van der Waals surface area contributed by atoms with E-state index in [9.17, 15) is 4.79 Å². The molecule has 1 amide bonds. The van der Waals surface area contributed by atoms with Crippen LogP contribution in [0.5, 0.6) is 0 Å². The van der Waals surface area contributed by atoms with E-state index in [1.165, 1.54) is 5.56 Å². The summed E-state index contributed by atoms with van der Waals surface area (Å²) in [5.41, 5.74) is 3.41. The van der Waals surface area contributed by atoms with Gasteiger partial charge >= 0.3 is 0 Å². The van der Waals surface area contributed by atoms with Gasteiger partial charge in [-0.2, -0.15) is 0 Å². The van der Waals surface area contributed by atoms with E-state index in [1.807, 2.05) is 0 Å². The van der Waals surface area contributed by atoms with Crippen LogP contribution >= 0.6 is 11.3 Å². The quantitative estimate of drug-likeness (QED) is 0.916. The van der Waals surface area contributed by atoms with Crippen LogP contribution in [0.2, 0.25) is 0 Å². The lowest BCUT2D eigenvalue weighted by Gasteiger charge is -2.01. The summed E-state index contributed by atoms with van der Waals surface area (Å²) in [6.07, 6.45) is 3.54. The molecular weight excluding hydrogens is 268 g/mol. The van der Waals surface area contributed by atoms with Gasteiger partial charge in [0, 0.05) is 23.4 Å². The molecule has 4 heteroatoms. The summed E-state index contributed by atoms with van der Waals surface area (Å²) in [6.45, 7) is 2.08. The minimum Gasteiger partial charge on any atom is -0.353 e. The summed E-state index contributed by atoms with van der Waals surface area (Å²) in [7, 11) is 0. The Morgan fingerprint density at radius 3 is 3.05 bits per heavy atom. The van der Waals surface area contributed by atoms with E-state index in [2.05, 4.69) is 46.9 Å². The zero-order valence-corrected chi connectivity index (χ0v) is 12.4. The van der Waals surface area contributed by atoms with Gasteiger partial charge in [0.05, 0.1) is 5.69 Å².